The van der Waals surface area contributed by atoms with Crippen molar-refractivity contribution in [2.75, 3.05) is 6.61 Å². The molecule has 0 aromatic rings. The molecular formula is C10H19NO2. The summed E-state index contributed by atoms with van der Waals surface area (Å²) in [7, 11) is 0. The zero-order valence-corrected chi connectivity index (χ0v) is 8.24. The molecule has 2 saturated carbocycles. The first-order chi connectivity index (χ1) is 6.31. The Morgan fingerprint density at radius 3 is 2.62 bits per heavy atom. The minimum Gasteiger partial charge on any atom is -0.374 e. The van der Waals surface area contributed by atoms with E-state index in [1.165, 1.54) is 19.3 Å². The van der Waals surface area contributed by atoms with Crippen LogP contribution in [0.3, 0.4) is 0 Å². The molecule has 76 valence electrons. The Morgan fingerprint density at radius 1 is 1.38 bits per heavy atom. The van der Waals surface area contributed by atoms with Gasteiger partial charge in [-0.1, -0.05) is 0 Å². The number of rotatable bonds is 4. The van der Waals surface area contributed by atoms with E-state index < -0.39 is 0 Å². The highest BCUT2D eigenvalue weighted by atomic mass is 16.6. The fourth-order valence-corrected chi connectivity index (χ4v) is 1.93. The molecule has 3 atom stereocenters. The first kappa shape index (κ1) is 9.44. The van der Waals surface area contributed by atoms with Crippen LogP contribution in [0.25, 0.3) is 0 Å². The molecule has 0 amide bonds. The number of nitrogens with two attached hydrogens (primary N) is 1. The summed E-state index contributed by atoms with van der Waals surface area (Å²) < 4.78 is 11.4. The van der Waals surface area contributed by atoms with Crippen LogP contribution < -0.4 is 5.73 Å². The van der Waals surface area contributed by atoms with Crippen LogP contribution in [-0.2, 0) is 9.47 Å². The molecule has 0 heterocycles. The van der Waals surface area contributed by atoms with Gasteiger partial charge in [-0.15, -0.1) is 0 Å². The maximum absolute atomic E-state index is 5.85. The highest BCUT2D eigenvalue weighted by Crippen LogP contribution is 2.31. The lowest BCUT2D eigenvalue weighted by Crippen LogP contribution is -2.59. The summed E-state index contributed by atoms with van der Waals surface area (Å²) in [4.78, 5) is 0. The number of ether oxygens (including phenoxy) is 2. The molecule has 2 fully saturated rings. The summed E-state index contributed by atoms with van der Waals surface area (Å²) >= 11 is 0. The zero-order chi connectivity index (χ0) is 9.26. The van der Waals surface area contributed by atoms with Crippen molar-refractivity contribution in [1.82, 2.24) is 0 Å². The molecule has 0 bridgehead atoms. The predicted molar refractivity (Wildman–Crippen MR) is 50.5 cm³/mol. The summed E-state index contributed by atoms with van der Waals surface area (Å²) in [6, 6.07) is 0.199. The minimum atomic E-state index is 0.158. The van der Waals surface area contributed by atoms with Gasteiger partial charge in [-0.25, -0.2) is 0 Å². The van der Waals surface area contributed by atoms with Gasteiger partial charge in [0.15, 0.2) is 0 Å². The SMILES string of the molecule is CCOC1C(N)CC1OC1CCC1. The Balaban J connectivity index is 1.73. The van der Waals surface area contributed by atoms with Gasteiger partial charge in [-0.05, 0) is 32.6 Å². The molecule has 0 radical (unpaired) electrons. The van der Waals surface area contributed by atoms with E-state index in [1.807, 2.05) is 6.92 Å². The molecular weight excluding hydrogens is 166 g/mol. The summed E-state index contributed by atoms with van der Waals surface area (Å²) in [5, 5.41) is 0. The van der Waals surface area contributed by atoms with E-state index >= 15 is 0 Å². The van der Waals surface area contributed by atoms with Crippen molar-refractivity contribution < 1.29 is 9.47 Å². The summed E-state index contributed by atoms with van der Waals surface area (Å²) in [6.07, 6.45) is 5.69. The standard InChI is InChI=1S/C10H19NO2/c1-2-12-10-8(11)6-9(10)13-7-4-3-5-7/h7-10H,2-6,11H2,1H3. The van der Waals surface area contributed by atoms with Crippen LogP contribution in [0.2, 0.25) is 0 Å². The number of hydrogen-bond acceptors (Lipinski definition) is 3. The van der Waals surface area contributed by atoms with E-state index in [4.69, 9.17) is 15.2 Å². The maximum atomic E-state index is 5.85. The Labute approximate surface area is 79.6 Å². The molecule has 2 aliphatic carbocycles. The molecule has 0 spiro atoms. The molecule has 3 heteroatoms. The lowest BCUT2D eigenvalue weighted by molar-refractivity contribution is -0.172. The van der Waals surface area contributed by atoms with Crippen LogP contribution in [0, 0.1) is 0 Å². The van der Waals surface area contributed by atoms with Gasteiger partial charge >= 0.3 is 0 Å². The van der Waals surface area contributed by atoms with Crippen LogP contribution in [0.15, 0.2) is 0 Å². The van der Waals surface area contributed by atoms with Gasteiger partial charge in [-0.3, -0.25) is 0 Å². The topological polar surface area (TPSA) is 44.5 Å². The zero-order valence-electron chi connectivity index (χ0n) is 8.24. The molecule has 2 rings (SSSR count). The van der Waals surface area contributed by atoms with E-state index in [2.05, 4.69) is 0 Å². The lowest BCUT2D eigenvalue weighted by Gasteiger charge is -2.44. The molecule has 0 saturated heterocycles. The summed E-state index contributed by atoms with van der Waals surface area (Å²) in [5.41, 5.74) is 5.83. The van der Waals surface area contributed by atoms with Crippen molar-refractivity contribution in [1.29, 1.82) is 0 Å². The van der Waals surface area contributed by atoms with E-state index in [0.29, 0.717) is 6.10 Å². The minimum absolute atomic E-state index is 0.158. The van der Waals surface area contributed by atoms with Gasteiger partial charge in [0.05, 0.1) is 18.3 Å². The summed E-state index contributed by atoms with van der Waals surface area (Å²) in [6.45, 7) is 2.74. The highest BCUT2D eigenvalue weighted by molar-refractivity contribution is 4.96. The van der Waals surface area contributed by atoms with E-state index in [1.54, 1.807) is 0 Å². The second-order valence-electron chi connectivity index (χ2n) is 4.05. The Bertz CT molecular complexity index is 170. The Hall–Kier alpha value is -0.120. The average Bonchev–Trinajstić information content (AvgIpc) is 2.04. The van der Waals surface area contributed by atoms with Gasteiger partial charge < -0.3 is 15.2 Å². The Kier molecular flexibility index (Phi) is 2.86. The van der Waals surface area contributed by atoms with Crippen molar-refractivity contribution >= 4 is 0 Å². The second-order valence-corrected chi connectivity index (χ2v) is 4.05. The highest BCUT2D eigenvalue weighted by Gasteiger charge is 2.42. The van der Waals surface area contributed by atoms with Crippen molar-refractivity contribution in [2.45, 2.75) is 57.0 Å². The van der Waals surface area contributed by atoms with Crippen LogP contribution in [0.4, 0.5) is 0 Å². The van der Waals surface area contributed by atoms with E-state index in [0.717, 1.165) is 13.0 Å². The maximum Gasteiger partial charge on any atom is 0.0988 e. The molecule has 0 aromatic heterocycles. The lowest BCUT2D eigenvalue weighted by atomic mass is 9.85. The number of hydrogen-bond donors (Lipinski definition) is 1. The van der Waals surface area contributed by atoms with Gasteiger partial charge in [0.2, 0.25) is 0 Å². The molecule has 2 N–H and O–H groups in total. The van der Waals surface area contributed by atoms with Crippen LogP contribution in [0.1, 0.15) is 32.6 Å². The molecule has 2 aliphatic rings. The monoisotopic (exact) mass is 185 g/mol. The quantitative estimate of drug-likeness (QED) is 0.712. The van der Waals surface area contributed by atoms with E-state index in [9.17, 15) is 0 Å². The third-order valence-corrected chi connectivity index (χ3v) is 3.07. The first-order valence-corrected chi connectivity index (χ1v) is 5.34. The largest absolute Gasteiger partial charge is 0.374 e. The fraction of sp³-hybridized carbons (Fsp3) is 1.00. The van der Waals surface area contributed by atoms with Crippen molar-refractivity contribution in [3.8, 4) is 0 Å². The first-order valence-electron chi connectivity index (χ1n) is 5.34. The molecule has 3 unspecified atom stereocenters. The van der Waals surface area contributed by atoms with Gasteiger partial charge in [0.1, 0.15) is 0 Å². The van der Waals surface area contributed by atoms with Crippen molar-refractivity contribution in [2.24, 2.45) is 5.73 Å². The molecule has 3 nitrogen and oxygen atoms in total. The fourth-order valence-electron chi connectivity index (χ4n) is 1.93. The Morgan fingerprint density at radius 2 is 2.15 bits per heavy atom. The normalized spacial score (nSPS) is 39.7. The van der Waals surface area contributed by atoms with Crippen molar-refractivity contribution in [3.63, 3.8) is 0 Å². The van der Waals surface area contributed by atoms with Crippen LogP contribution in [-0.4, -0.2) is 31.0 Å². The third-order valence-electron chi connectivity index (χ3n) is 3.07. The van der Waals surface area contributed by atoms with E-state index in [-0.39, 0.29) is 18.2 Å². The van der Waals surface area contributed by atoms with Gasteiger partial charge in [-0.2, -0.15) is 0 Å². The van der Waals surface area contributed by atoms with Gasteiger partial charge in [0.25, 0.3) is 0 Å². The molecule has 0 aromatic carbocycles. The average molecular weight is 185 g/mol. The smallest absolute Gasteiger partial charge is 0.0988 e. The van der Waals surface area contributed by atoms with Crippen LogP contribution in [0.5, 0.6) is 0 Å². The third kappa shape index (κ3) is 1.87. The molecule has 13 heavy (non-hydrogen) atoms. The second kappa shape index (κ2) is 3.95. The molecule has 0 aliphatic heterocycles. The van der Waals surface area contributed by atoms with Crippen molar-refractivity contribution in [3.05, 3.63) is 0 Å². The van der Waals surface area contributed by atoms with Crippen LogP contribution >= 0.6 is 0 Å². The summed E-state index contributed by atoms with van der Waals surface area (Å²) in [5.74, 6) is 0. The van der Waals surface area contributed by atoms with Gasteiger partial charge in [0, 0.05) is 12.6 Å². The predicted octanol–water partition coefficient (Wildman–Crippen LogP) is 1.06.